The summed E-state index contributed by atoms with van der Waals surface area (Å²) >= 11 is 0. The number of amides is 1. The summed E-state index contributed by atoms with van der Waals surface area (Å²) in [6.45, 7) is 2.33. The zero-order valence-corrected chi connectivity index (χ0v) is 6.76. The highest BCUT2D eigenvalue weighted by Gasteiger charge is 2.23. The number of hydrogen-bond acceptors (Lipinski definition) is 3. The molecular formula is C7H12N2O2. The minimum absolute atomic E-state index is 0.0143. The van der Waals surface area contributed by atoms with Crippen LogP contribution in [0.1, 0.15) is 13.3 Å². The SMILES string of the molecule is CCC1N=C(COC)NC1=O. The maximum atomic E-state index is 11.0. The first-order chi connectivity index (χ1) is 5.27. The number of aliphatic imine (C=N–C) groups is 1. The maximum absolute atomic E-state index is 11.0. The van der Waals surface area contributed by atoms with Gasteiger partial charge < -0.3 is 10.1 Å². The lowest BCUT2D eigenvalue weighted by Crippen LogP contribution is -2.30. The third-order valence-electron chi connectivity index (χ3n) is 1.55. The molecule has 1 aliphatic heterocycles. The second-order valence-corrected chi connectivity index (χ2v) is 2.42. The summed E-state index contributed by atoms with van der Waals surface area (Å²) in [5.41, 5.74) is 0. The van der Waals surface area contributed by atoms with Crippen molar-refractivity contribution in [3.63, 3.8) is 0 Å². The molecule has 1 aliphatic rings. The number of methoxy groups -OCH3 is 1. The van der Waals surface area contributed by atoms with Gasteiger partial charge in [0.2, 0.25) is 5.91 Å². The minimum Gasteiger partial charge on any atom is -0.377 e. The molecule has 0 aliphatic carbocycles. The Hall–Kier alpha value is -0.900. The van der Waals surface area contributed by atoms with Crippen LogP contribution in [0.2, 0.25) is 0 Å². The monoisotopic (exact) mass is 156 g/mol. The third-order valence-corrected chi connectivity index (χ3v) is 1.55. The quantitative estimate of drug-likeness (QED) is 0.622. The number of ether oxygens (including phenoxy) is 1. The number of rotatable bonds is 3. The van der Waals surface area contributed by atoms with E-state index in [1.54, 1.807) is 7.11 Å². The van der Waals surface area contributed by atoms with Gasteiger partial charge in [-0.1, -0.05) is 6.92 Å². The van der Waals surface area contributed by atoms with Crippen molar-refractivity contribution >= 4 is 11.7 Å². The smallest absolute Gasteiger partial charge is 0.250 e. The van der Waals surface area contributed by atoms with Gasteiger partial charge in [0.15, 0.2) is 0 Å². The van der Waals surface area contributed by atoms with Gasteiger partial charge in [-0.15, -0.1) is 0 Å². The number of carbonyl (C=O) groups is 1. The van der Waals surface area contributed by atoms with Crippen LogP contribution in [0, 0.1) is 0 Å². The van der Waals surface area contributed by atoms with E-state index >= 15 is 0 Å². The summed E-state index contributed by atoms with van der Waals surface area (Å²) in [4.78, 5) is 15.1. The van der Waals surface area contributed by atoms with Crippen LogP contribution in [-0.2, 0) is 9.53 Å². The predicted molar refractivity (Wildman–Crippen MR) is 41.5 cm³/mol. The number of nitrogens with one attached hydrogen (secondary N) is 1. The Balaban J connectivity index is 2.52. The number of carbonyl (C=O) groups excluding carboxylic acids is 1. The van der Waals surface area contributed by atoms with Crippen LogP contribution in [0.15, 0.2) is 4.99 Å². The molecule has 1 heterocycles. The zero-order valence-electron chi connectivity index (χ0n) is 6.76. The van der Waals surface area contributed by atoms with Crippen molar-refractivity contribution in [2.24, 2.45) is 4.99 Å². The topological polar surface area (TPSA) is 50.7 Å². The van der Waals surface area contributed by atoms with Crippen LogP contribution < -0.4 is 5.32 Å². The Kier molecular flexibility index (Phi) is 2.59. The standard InChI is InChI=1S/C7H12N2O2/c1-3-5-7(10)9-6(8-5)4-11-2/h5H,3-4H2,1-2H3,(H,8,9,10). The number of nitrogens with zero attached hydrogens (tertiary/aromatic N) is 1. The van der Waals surface area contributed by atoms with Gasteiger partial charge in [0.05, 0.1) is 0 Å². The number of hydrogen-bond donors (Lipinski definition) is 1. The van der Waals surface area contributed by atoms with E-state index in [1.807, 2.05) is 6.92 Å². The van der Waals surface area contributed by atoms with E-state index in [-0.39, 0.29) is 11.9 Å². The van der Waals surface area contributed by atoms with Crippen molar-refractivity contribution in [2.75, 3.05) is 13.7 Å². The Labute approximate surface area is 65.6 Å². The molecule has 0 spiro atoms. The van der Waals surface area contributed by atoms with Gasteiger partial charge in [0.1, 0.15) is 18.5 Å². The molecule has 4 nitrogen and oxygen atoms in total. The first-order valence-electron chi connectivity index (χ1n) is 3.64. The largest absolute Gasteiger partial charge is 0.377 e. The van der Waals surface area contributed by atoms with Crippen LogP contribution in [-0.4, -0.2) is 31.5 Å². The Morgan fingerprint density at radius 3 is 2.91 bits per heavy atom. The van der Waals surface area contributed by atoms with E-state index in [9.17, 15) is 4.79 Å². The van der Waals surface area contributed by atoms with Crippen molar-refractivity contribution < 1.29 is 9.53 Å². The highest BCUT2D eigenvalue weighted by atomic mass is 16.5. The van der Waals surface area contributed by atoms with E-state index in [0.717, 1.165) is 6.42 Å². The van der Waals surface area contributed by atoms with Gasteiger partial charge in [-0.05, 0) is 6.42 Å². The van der Waals surface area contributed by atoms with Gasteiger partial charge >= 0.3 is 0 Å². The fourth-order valence-corrected chi connectivity index (χ4v) is 0.991. The molecule has 0 saturated heterocycles. The normalized spacial score (nSPS) is 23.3. The molecule has 0 bridgehead atoms. The summed E-state index contributed by atoms with van der Waals surface area (Å²) in [5, 5.41) is 2.64. The molecular weight excluding hydrogens is 144 g/mol. The molecule has 0 radical (unpaired) electrons. The highest BCUT2D eigenvalue weighted by molar-refractivity contribution is 6.06. The van der Waals surface area contributed by atoms with Crippen LogP contribution >= 0.6 is 0 Å². The Morgan fingerprint density at radius 1 is 1.73 bits per heavy atom. The lowest BCUT2D eigenvalue weighted by Gasteiger charge is -1.96. The molecule has 0 aromatic carbocycles. The second kappa shape index (κ2) is 3.48. The van der Waals surface area contributed by atoms with E-state index in [4.69, 9.17) is 4.74 Å². The molecule has 0 aromatic rings. The van der Waals surface area contributed by atoms with E-state index in [0.29, 0.717) is 12.4 Å². The molecule has 1 unspecified atom stereocenters. The average molecular weight is 156 g/mol. The minimum atomic E-state index is -0.194. The maximum Gasteiger partial charge on any atom is 0.250 e. The van der Waals surface area contributed by atoms with Crippen molar-refractivity contribution in [1.29, 1.82) is 0 Å². The molecule has 11 heavy (non-hydrogen) atoms. The number of amidine groups is 1. The van der Waals surface area contributed by atoms with Gasteiger partial charge in [0, 0.05) is 7.11 Å². The van der Waals surface area contributed by atoms with Crippen LogP contribution in [0.25, 0.3) is 0 Å². The first-order valence-corrected chi connectivity index (χ1v) is 3.64. The van der Waals surface area contributed by atoms with Gasteiger partial charge in [0.25, 0.3) is 0 Å². The highest BCUT2D eigenvalue weighted by Crippen LogP contribution is 2.03. The average Bonchev–Trinajstić information content (AvgIpc) is 2.32. The lowest BCUT2D eigenvalue weighted by atomic mass is 10.2. The molecule has 0 saturated carbocycles. The summed E-state index contributed by atoms with van der Waals surface area (Å²) in [5.74, 6) is 0.629. The fraction of sp³-hybridized carbons (Fsp3) is 0.714. The molecule has 1 amide bonds. The molecule has 1 rings (SSSR count). The second-order valence-electron chi connectivity index (χ2n) is 2.42. The van der Waals surface area contributed by atoms with Crippen molar-refractivity contribution in [3.05, 3.63) is 0 Å². The van der Waals surface area contributed by atoms with Crippen LogP contribution in [0.3, 0.4) is 0 Å². The van der Waals surface area contributed by atoms with Gasteiger partial charge in [-0.25, -0.2) is 0 Å². The molecule has 4 heteroatoms. The lowest BCUT2D eigenvalue weighted by molar-refractivity contribution is -0.120. The Morgan fingerprint density at radius 2 is 2.45 bits per heavy atom. The van der Waals surface area contributed by atoms with Gasteiger partial charge in [-0.3, -0.25) is 9.79 Å². The summed E-state index contributed by atoms with van der Waals surface area (Å²) in [6.07, 6.45) is 0.749. The van der Waals surface area contributed by atoms with E-state index in [2.05, 4.69) is 10.3 Å². The molecule has 1 N–H and O–H groups in total. The van der Waals surface area contributed by atoms with Crippen LogP contribution in [0.4, 0.5) is 0 Å². The summed E-state index contributed by atoms with van der Waals surface area (Å²) in [7, 11) is 1.58. The van der Waals surface area contributed by atoms with Crippen molar-refractivity contribution in [3.8, 4) is 0 Å². The van der Waals surface area contributed by atoms with E-state index < -0.39 is 0 Å². The van der Waals surface area contributed by atoms with Gasteiger partial charge in [-0.2, -0.15) is 0 Å². The summed E-state index contributed by atoms with van der Waals surface area (Å²) < 4.78 is 4.82. The van der Waals surface area contributed by atoms with Crippen LogP contribution in [0.5, 0.6) is 0 Å². The first kappa shape index (κ1) is 8.20. The molecule has 1 atom stereocenters. The van der Waals surface area contributed by atoms with Crippen molar-refractivity contribution in [1.82, 2.24) is 5.32 Å². The third kappa shape index (κ3) is 1.77. The van der Waals surface area contributed by atoms with E-state index in [1.165, 1.54) is 0 Å². The fourth-order valence-electron chi connectivity index (χ4n) is 0.991. The Bertz CT molecular complexity index is 189. The summed E-state index contributed by atoms with van der Waals surface area (Å²) in [6, 6.07) is -0.194. The molecule has 0 fully saturated rings. The predicted octanol–water partition coefficient (Wildman–Crippen LogP) is -0.0603. The zero-order chi connectivity index (χ0) is 8.27. The van der Waals surface area contributed by atoms with Crippen molar-refractivity contribution in [2.45, 2.75) is 19.4 Å². The molecule has 62 valence electrons. The molecule has 0 aromatic heterocycles.